The van der Waals surface area contributed by atoms with Crippen molar-refractivity contribution in [2.75, 3.05) is 17.2 Å². The summed E-state index contributed by atoms with van der Waals surface area (Å²) in [6, 6.07) is 19.6. The third-order valence-corrected chi connectivity index (χ3v) is 4.11. The summed E-state index contributed by atoms with van der Waals surface area (Å²) in [6.45, 7) is 2.48. The van der Waals surface area contributed by atoms with Gasteiger partial charge in [0, 0.05) is 23.0 Å². The van der Waals surface area contributed by atoms with Crippen molar-refractivity contribution in [2.45, 2.75) is 6.92 Å². The van der Waals surface area contributed by atoms with Gasteiger partial charge in [-0.05, 0) is 79.2 Å². The van der Waals surface area contributed by atoms with Crippen LogP contribution >= 0.6 is 0 Å². The predicted molar refractivity (Wildman–Crippen MR) is 116 cm³/mol. The van der Waals surface area contributed by atoms with E-state index < -0.39 is 0 Å². The van der Waals surface area contributed by atoms with E-state index in [0.29, 0.717) is 29.1 Å². The minimum absolute atomic E-state index is 0.261. The van der Waals surface area contributed by atoms with E-state index in [1.807, 2.05) is 6.92 Å². The highest BCUT2D eigenvalue weighted by atomic mass is 19.1. The van der Waals surface area contributed by atoms with Gasteiger partial charge in [0.15, 0.2) is 0 Å². The maximum Gasteiger partial charge on any atom is 0.255 e. The number of halogens is 1. The van der Waals surface area contributed by atoms with Gasteiger partial charge in [-0.2, -0.15) is 0 Å². The number of rotatable bonds is 7. The van der Waals surface area contributed by atoms with Gasteiger partial charge in [0.2, 0.25) is 5.91 Å². The van der Waals surface area contributed by atoms with E-state index in [-0.39, 0.29) is 17.6 Å². The van der Waals surface area contributed by atoms with Crippen LogP contribution in [0.4, 0.5) is 15.8 Å². The molecule has 2 N–H and O–H groups in total. The highest BCUT2D eigenvalue weighted by Gasteiger charge is 2.07. The Morgan fingerprint density at radius 1 is 0.933 bits per heavy atom. The minimum atomic E-state index is -0.364. The number of nitrogens with one attached hydrogen (secondary N) is 2. The van der Waals surface area contributed by atoms with E-state index in [2.05, 4.69) is 10.6 Å². The summed E-state index contributed by atoms with van der Waals surface area (Å²) in [4.78, 5) is 24.4. The van der Waals surface area contributed by atoms with Crippen molar-refractivity contribution in [2.24, 2.45) is 0 Å². The second-order valence-corrected chi connectivity index (χ2v) is 6.37. The van der Waals surface area contributed by atoms with Crippen LogP contribution in [0.25, 0.3) is 6.08 Å². The third kappa shape index (κ3) is 6.04. The van der Waals surface area contributed by atoms with E-state index >= 15 is 0 Å². The molecule has 152 valence electrons. The molecule has 0 unspecified atom stereocenters. The number of amides is 2. The van der Waals surface area contributed by atoms with Gasteiger partial charge in [-0.1, -0.05) is 12.1 Å². The molecule has 3 aromatic carbocycles. The third-order valence-electron chi connectivity index (χ3n) is 4.11. The maximum atomic E-state index is 13.2. The highest BCUT2D eigenvalue weighted by Crippen LogP contribution is 2.17. The Kier molecular flexibility index (Phi) is 6.95. The molecule has 0 atom stereocenters. The fraction of sp³-hybridized carbons (Fsp3) is 0.0833. The van der Waals surface area contributed by atoms with Crippen molar-refractivity contribution in [3.63, 3.8) is 0 Å². The lowest BCUT2D eigenvalue weighted by molar-refractivity contribution is -0.111. The van der Waals surface area contributed by atoms with Crippen molar-refractivity contribution < 1.29 is 18.7 Å². The monoisotopic (exact) mass is 404 g/mol. The molecule has 0 saturated heterocycles. The zero-order chi connectivity index (χ0) is 21.3. The number of carbonyl (C=O) groups excluding carboxylic acids is 2. The Hall–Kier alpha value is -3.93. The Bertz CT molecular complexity index is 1040. The lowest BCUT2D eigenvalue weighted by Crippen LogP contribution is -2.12. The van der Waals surface area contributed by atoms with Crippen LogP contribution in [-0.2, 0) is 4.79 Å². The Balaban J connectivity index is 1.56. The quantitative estimate of drug-likeness (QED) is 0.537. The second kappa shape index (κ2) is 10.0. The Labute approximate surface area is 174 Å². The van der Waals surface area contributed by atoms with Crippen LogP contribution in [0.2, 0.25) is 0 Å². The van der Waals surface area contributed by atoms with Crippen LogP contribution < -0.4 is 15.4 Å². The molecule has 0 saturated carbocycles. The van der Waals surface area contributed by atoms with Crippen LogP contribution in [0.15, 0.2) is 78.9 Å². The molecular weight excluding hydrogens is 383 g/mol. The van der Waals surface area contributed by atoms with Gasteiger partial charge < -0.3 is 15.4 Å². The number of hydrogen-bond donors (Lipinski definition) is 2. The minimum Gasteiger partial charge on any atom is -0.494 e. The first-order chi connectivity index (χ1) is 14.5. The fourth-order valence-corrected chi connectivity index (χ4v) is 2.68. The zero-order valence-corrected chi connectivity index (χ0v) is 16.4. The molecule has 6 heteroatoms. The van der Waals surface area contributed by atoms with Crippen LogP contribution in [0, 0.1) is 5.82 Å². The summed E-state index contributed by atoms with van der Waals surface area (Å²) in [7, 11) is 0. The predicted octanol–water partition coefficient (Wildman–Crippen LogP) is 5.13. The molecule has 3 rings (SSSR count). The first-order valence-electron chi connectivity index (χ1n) is 9.42. The summed E-state index contributed by atoms with van der Waals surface area (Å²) in [6.07, 6.45) is 2.85. The van der Waals surface area contributed by atoms with E-state index in [1.165, 1.54) is 24.3 Å². The van der Waals surface area contributed by atoms with E-state index in [0.717, 1.165) is 5.75 Å². The molecule has 2 amide bonds. The average Bonchev–Trinajstić information content (AvgIpc) is 2.74. The highest BCUT2D eigenvalue weighted by molar-refractivity contribution is 6.05. The van der Waals surface area contributed by atoms with Crippen LogP contribution in [0.1, 0.15) is 22.8 Å². The van der Waals surface area contributed by atoms with Crippen molar-refractivity contribution in [1.29, 1.82) is 0 Å². The van der Waals surface area contributed by atoms with Crippen molar-refractivity contribution in [1.82, 2.24) is 0 Å². The molecule has 0 spiro atoms. The largest absolute Gasteiger partial charge is 0.494 e. The molecule has 0 aliphatic heterocycles. The molecule has 0 aliphatic rings. The van der Waals surface area contributed by atoms with Crippen molar-refractivity contribution in [3.05, 3.63) is 95.8 Å². The topological polar surface area (TPSA) is 67.4 Å². The standard InChI is InChI=1S/C24H21FN2O3/c1-2-30-22-13-11-21(12-14-22)27-24(29)18-7-9-20(10-8-18)26-23(28)15-6-17-4-3-5-19(25)16-17/h3-16H,2H2,1H3,(H,26,28)(H,27,29)/b15-6+. The molecule has 0 aromatic heterocycles. The summed E-state index contributed by atoms with van der Waals surface area (Å²) in [5, 5.41) is 5.50. The molecule has 0 radical (unpaired) electrons. The number of anilines is 2. The number of carbonyl (C=O) groups is 2. The summed E-state index contributed by atoms with van der Waals surface area (Å²) in [5.74, 6) is -0.243. The first-order valence-corrected chi connectivity index (χ1v) is 9.42. The number of ether oxygens (including phenoxy) is 1. The van der Waals surface area contributed by atoms with Gasteiger partial charge >= 0.3 is 0 Å². The van der Waals surface area contributed by atoms with E-state index in [4.69, 9.17) is 4.74 Å². The van der Waals surface area contributed by atoms with Crippen LogP contribution in [-0.4, -0.2) is 18.4 Å². The molecule has 3 aromatic rings. The maximum absolute atomic E-state index is 13.2. The van der Waals surface area contributed by atoms with Gasteiger partial charge in [-0.15, -0.1) is 0 Å². The van der Waals surface area contributed by atoms with E-state index in [9.17, 15) is 14.0 Å². The molecule has 0 aliphatic carbocycles. The lowest BCUT2D eigenvalue weighted by atomic mass is 10.2. The molecular formula is C24H21FN2O3. The van der Waals surface area contributed by atoms with Gasteiger partial charge in [0.05, 0.1) is 6.61 Å². The SMILES string of the molecule is CCOc1ccc(NC(=O)c2ccc(NC(=O)/C=C/c3cccc(F)c3)cc2)cc1. The van der Waals surface area contributed by atoms with Crippen molar-refractivity contribution in [3.8, 4) is 5.75 Å². The van der Waals surface area contributed by atoms with Gasteiger partial charge in [-0.3, -0.25) is 9.59 Å². The second-order valence-electron chi connectivity index (χ2n) is 6.37. The Morgan fingerprint density at radius 3 is 2.27 bits per heavy atom. The fourth-order valence-electron chi connectivity index (χ4n) is 2.68. The normalized spacial score (nSPS) is 10.6. The molecule has 30 heavy (non-hydrogen) atoms. The molecule has 0 fully saturated rings. The van der Waals surface area contributed by atoms with Crippen molar-refractivity contribution >= 4 is 29.3 Å². The summed E-state index contributed by atoms with van der Waals surface area (Å²) in [5.41, 5.74) is 2.24. The number of benzene rings is 3. The Morgan fingerprint density at radius 2 is 1.60 bits per heavy atom. The molecule has 0 heterocycles. The van der Waals surface area contributed by atoms with Gasteiger partial charge in [-0.25, -0.2) is 4.39 Å². The van der Waals surface area contributed by atoms with E-state index in [1.54, 1.807) is 60.7 Å². The summed E-state index contributed by atoms with van der Waals surface area (Å²) >= 11 is 0. The van der Waals surface area contributed by atoms with Gasteiger partial charge in [0.25, 0.3) is 5.91 Å². The smallest absolute Gasteiger partial charge is 0.255 e. The van der Waals surface area contributed by atoms with Crippen LogP contribution in [0.5, 0.6) is 5.75 Å². The zero-order valence-electron chi connectivity index (χ0n) is 16.4. The molecule has 5 nitrogen and oxygen atoms in total. The van der Waals surface area contributed by atoms with Gasteiger partial charge in [0.1, 0.15) is 11.6 Å². The summed E-state index contributed by atoms with van der Waals surface area (Å²) < 4.78 is 18.5. The average molecular weight is 404 g/mol. The first kappa shape index (κ1) is 20.8. The lowest BCUT2D eigenvalue weighted by Gasteiger charge is -2.08. The number of hydrogen-bond acceptors (Lipinski definition) is 3. The molecule has 0 bridgehead atoms. The van der Waals surface area contributed by atoms with Crippen LogP contribution in [0.3, 0.4) is 0 Å².